The molecule has 1 fully saturated rings. The number of hydrogen-bond donors (Lipinski definition) is 1. The molecule has 2 rings (SSSR count). The van der Waals surface area contributed by atoms with E-state index in [1.54, 1.807) is 6.20 Å². The molecule has 0 unspecified atom stereocenters. The van der Waals surface area contributed by atoms with E-state index in [2.05, 4.69) is 10.3 Å². The minimum atomic E-state index is -0.117. The van der Waals surface area contributed by atoms with Gasteiger partial charge in [-0.05, 0) is 30.4 Å². The second-order valence-electron chi connectivity index (χ2n) is 4.47. The zero-order chi connectivity index (χ0) is 12.3. The van der Waals surface area contributed by atoms with Gasteiger partial charge in [-0.2, -0.15) is 0 Å². The zero-order valence-electron chi connectivity index (χ0n) is 9.90. The molecule has 17 heavy (non-hydrogen) atoms. The molecule has 1 heterocycles. The van der Waals surface area contributed by atoms with Crippen LogP contribution >= 0.6 is 0 Å². The second-order valence-corrected chi connectivity index (χ2v) is 4.47. The smallest absolute Gasteiger partial charge is 0.222 e. The molecule has 0 spiro atoms. The fourth-order valence-electron chi connectivity index (χ4n) is 2.17. The largest absolute Gasteiger partial charge is 0.311 e. The van der Waals surface area contributed by atoms with Crippen LogP contribution in [0.15, 0.2) is 18.3 Å². The number of carbonyl (C=O) groups is 2. The summed E-state index contributed by atoms with van der Waals surface area (Å²) in [6.45, 7) is 1.46. The molecule has 4 nitrogen and oxygen atoms in total. The van der Waals surface area contributed by atoms with Gasteiger partial charge in [-0.15, -0.1) is 0 Å². The summed E-state index contributed by atoms with van der Waals surface area (Å²) in [5.41, 5.74) is 1.16. The van der Waals surface area contributed by atoms with Gasteiger partial charge in [-0.25, -0.2) is 4.98 Å². The number of pyridine rings is 1. The summed E-state index contributed by atoms with van der Waals surface area (Å²) in [4.78, 5) is 26.2. The summed E-state index contributed by atoms with van der Waals surface area (Å²) >= 11 is 0. The van der Waals surface area contributed by atoms with Crippen molar-refractivity contribution in [2.45, 2.75) is 38.5 Å². The monoisotopic (exact) mass is 232 g/mol. The molecule has 1 N–H and O–H groups in total. The highest BCUT2D eigenvalue weighted by Crippen LogP contribution is 2.30. The van der Waals surface area contributed by atoms with Crippen molar-refractivity contribution in [1.82, 2.24) is 4.98 Å². The fourth-order valence-corrected chi connectivity index (χ4v) is 2.17. The molecule has 0 aliphatic heterocycles. The van der Waals surface area contributed by atoms with Crippen LogP contribution in [0.25, 0.3) is 0 Å². The molecule has 1 aliphatic carbocycles. The third-order valence-electron chi connectivity index (χ3n) is 3.11. The molecule has 4 heteroatoms. The number of Topliss-reactive ketones (excluding diaryl/α,β-unsaturated/α-hetero) is 1. The van der Waals surface area contributed by atoms with Crippen LogP contribution in [0.2, 0.25) is 0 Å². The first kappa shape index (κ1) is 11.8. The van der Waals surface area contributed by atoms with Gasteiger partial charge in [0.1, 0.15) is 11.6 Å². The van der Waals surface area contributed by atoms with Crippen molar-refractivity contribution in [1.29, 1.82) is 0 Å². The normalized spacial score (nSPS) is 16.9. The van der Waals surface area contributed by atoms with Crippen LogP contribution in [-0.2, 0) is 9.59 Å². The number of carbonyl (C=O) groups excluding carboxylic acids is 2. The Hall–Kier alpha value is -1.71. The SMILES string of the molecule is CC(=O)Nc1ccc(C2CCC(=O)CC2)cn1. The predicted octanol–water partition coefficient (Wildman–Crippen LogP) is 2.27. The van der Waals surface area contributed by atoms with E-state index in [9.17, 15) is 9.59 Å². The first-order valence-corrected chi connectivity index (χ1v) is 5.90. The molecule has 0 bridgehead atoms. The van der Waals surface area contributed by atoms with Gasteiger partial charge < -0.3 is 5.32 Å². The Balaban J connectivity index is 2.02. The fraction of sp³-hybridized carbons (Fsp3) is 0.462. The molecule has 0 aromatic carbocycles. The Bertz CT molecular complexity index is 416. The molecule has 0 atom stereocenters. The second kappa shape index (κ2) is 5.08. The van der Waals surface area contributed by atoms with E-state index < -0.39 is 0 Å². The van der Waals surface area contributed by atoms with Gasteiger partial charge in [0.15, 0.2) is 0 Å². The number of rotatable bonds is 2. The third-order valence-corrected chi connectivity index (χ3v) is 3.11. The Kier molecular flexibility index (Phi) is 3.52. The lowest BCUT2D eigenvalue weighted by atomic mass is 9.84. The maximum atomic E-state index is 11.2. The number of aromatic nitrogens is 1. The predicted molar refractivity (Wildman–Crippen MR) is 64.8 cm³/mol. The Morgan fingerprint density at radius 3 is 2.59 bits per heavy atom. The minimum absolute atomic E-state index is 0.117. The third kappa shape index (κ3) is 3.12. The van der Waals surface area contributed by atoms with Crippen LogP contribution in [0.5, 0.6) is 0 Å². The van der Waals surface area contributed by atoms with Crippen LogP contribution in [0.3, 0.4) is 0 Å². The number of amides is 1. The lowest BCUT2D eigenvalue weighted by Gasteiger charge is -2.20. The molecule has 1 aliphatic rings. The summed E-state index contributed by atoms with van der Waals surface area (Å²) in [6.07, 6.45) is 4.99. The molecule has 1 amide bonds. The van der Waals surface area contributed by atoms with Crippen LogP contribution in [0.4, 0.5) is 5.82 Å². The zero-order valence-corrected chi connectivity index (χ0v) is 9.90. The molecule has 0 radical (unpaired) electrons. The van der Waals surface area contributed by atoms with Gasteiger partial charge in [0.05, 0.1) is 0 Å². The van der Waals surface area contributed by atoms with Gasteiger partial charge in [-0.3, -0.25) is 9.59 Å². The van der Waals surface area contributed by atoms with Crippen molar-refractivity contribution >= 4 is 17.5 Å². The van der Waals surface area contributed by atoms with Crippen LogP contribution in [0.1, 0.15) is 44.1 Å². The van der Waals surface area contributed by atoms with E-state index in [1.807, 2.05) is 12.1 Å². The average Bonchev–Trinajstić information content (AvgIpc) is 2.30. The summed E-state index contributed by atoms with van der Waals surface area (Å²) in [7, 11) is 0. The molecular formula is C13H16N2O2. The van der Waals surface area contributed by atoms with Crippen LogP contribution in [0, 0.1) is 0 Å². The van der Waals surface area contributed by atoms with Crippen molar-refractivity contribution in [2.24, 2.45) is 0 Å². The molecule has 1 aromatic rings. The number of anilines is 1. The van der Waals surface area contributed by atoms with Gasteiger partial charge in [-0.1, -0.05) is 6.07 Å². The van der Waals surface area contributed by atoms with Crippen LogP contribution in [-0.4, -0.2) is 16.7 Å². The van der Waals surface area contributed by atoms with E-state index in [0.717, 1.165) is 18.4 Å². The maximum absolute atomic E-state index is 11.2. The van der Waals surface area contributed by atoms with E-state index in [-0.39, 0.29) is 5.91 Å². The van der Waals surface area contributed by atoms with Crippen molar-refractivity contribution in [3.8, 4) is 0 Å². The topological polar surface area (TPSA) is 59.1 Å². The number of nitrogens with one attached hydrogen (secondary N) is 1. The number of nitrogens with zero attached hydrogens (tertiary/aromatic N) is 1. The summed E-state index contributed by atoms with van der Waals surface area (Å²) in [5, 5.41) is 2.64. The molecule has 0 saturated heterocycles. The lowest BCUT2D eigenvalue weighted by Crippen LogP contribution is -2.13. The summed E-state index contributed by atoms with van der Waals surface area (Å²) in [6, 6.07) is 3.80. The standard InChI is InChI=1S/C13H16N2O2/c1-9(16)15-13-7-4-11(8-14-13)10-2-5-12(17)6-3-10/h4,7-8,10H,2-3,5-6H2,1H3,(H,14,15,16). The molecule has 1 saturated carbocycles. The summed E-state index contributed by atoms with van der Waals surface area (Å²) in [5.74, 6) is 1.26. The first-order chi connectivity index (χ1) is 8.15. The molecular weight excluding hydrogens is 216 g/mol. The molecule has 1 aromatic heterocycles. The maximum Gasteiger partial charge on any atom is 0.222 e. The highest BCUT2D eigenvalue weighted by Gasteiger charge is 2.20. The number of hydrogen-bond acceptors (Lipinski definition) is 3. The molecule has 90 valence electrons. The van der Waals surface area contributed by atoms with Crippen LogP contribution < -0.4 is 5.32 Å². The summed E-state index contributed by atoms with van der Waals surface area (Å²) < 4.78 is 0. The quantitative estimate of drug-likeness (QED) is 0.850. The highest BCUT2D eigenvalue weighted by atomic mass is 16.1. The van der Waals surface area contributed by atoms with Crippen molar-refractivity contribution < 1.29 is 9.59 Å². The Morgan fingerprint density at radius 2 is 2.06 bits per heavy atom. The van der Waals surface area contributed by atoms with Gasteiger partial charge >= 0.3 is 0 Å². The van der Waals surface area contributed by atoms with Crippen molar-refractivity contribution in [2.75, 3.05) is 5.32 Å². The average molecular weight is 232 g/mol. The minimum Gasteiger partial charge on any atom is -0.311 e. The van der Waals surface area contributed by atoms with E-state index in [4.69, 9.17) is 0 Å². The van der Waals surface area contributed by atoms with E-state index in [0.29, 0.717) is 30.4 Å². The Labute approximate surface area is 100 Å². The van der Waals surface area contributed by atoms with Crippen molar-refractivity contribution in [3.05, 3.63) is 23.9 Å². The van der Waals surface area contributed by atoms with Gasteiger partial charge in [0.2, 0.25) is 5.91 Å². The van der Waals surface area contributed by atoms with Crippen molar-refractivity contribution in [3.63, 3.8) is 0 Å². The van der Waals surface area contributed by atoms with Gasteiger partial charge in [0.25, 0.3) is 0 Å². The van der Waals surface area contributed by atoms with Gasteiger partial charge in [0, 0.05) is 26.0 Å². The highest BCUT2D eigenvalue weighted by molar-refractivity contribution is 5.87. The number of ketones is 1. The van der Waals surface area contributed by atoms with E-state index >= 15 is 0 Å². The van der Waals surface area contributed by atoms with E-state index in [1.165, 1.54) is 6.92 Å². The Morgan fingerprint density at radius 1 is 1.35 bits per heavy atom. The lowest BCUT2D eigenvalue weighted by molar-refractivity contribution is -0.120. The first-order valence-electron chi connectivity index (χ1n) is 5.90.